The molecule has 19 heavy (non-hydrogen) atoms. The SMILES string of the molecule is CCOC(=O)C(C)Oc1ccc([C@@H](C)N)cc1OC. The minimum Gasteiger partial charge on any atom is -0.493 e. The zero-order valence-corrected chi connectivity index (χ0v) is 11.8. The second-order valence-electron chi connectivity index (χ2n) is 4.21. The van der Waals surface area contributed by atoms with Gasteiger partial charge in [0.15, 0.2) is 17.6 Å². The summed E-state index contributed by atoms with van der Waals surface area (Å²) in [5, 5.41) is 0. The van der Waals surface area contributed by atoms with Crippen molar-refractivity contribution in [1.29, 1.82) is 0 Å². The number of benzene rings is 1. The molecule has 106 valence electrons. The van der Waals surface area contributed by atoms with E-state index in [9.17, 15) is 4.79 Å². The van der Waals surface area contributed by atoms with E-state index in [1.807, 2.05) is 13.0 Å². The monoisotopic (exact) mass is 267 g/mol. The van der Waals surface area contributed by atoms with E-state index in [4.69, 9.17) is 19.9 Å². The number of hydrogen-bond acceptors (Lipinski definition) is 5. The Balaban J connectivity index is 2.86. The molecule has 0 amide bonds. The Bertz CT molecular complexity index is 431. The number of hydrogen-bond donors (Lipinski definition) is 1. The molecule has 0 aliphatic rings. The van der Waals surface area contributed by atoms with Gasteiger partial charge in [0.2, 0.25) is 0 Å². The molecular weight excluding hydrogens is 246 g/mol. The van der Waals surface area contributed by atoms with Gasteiger partial charge in [0.25, 0.3) is 0 Å². The standard InChI is InChI=1S/C14H21NO4/c1-5-18-14(16)10(3)19-12-7-6-11(9(2)15)8-13(12)17-4/h6-10H,5,15H2,1-4H3/t9-,10?/m1/s1. The number of esters is 1. The molecule has 0 saturated heterocycles. The van der Waals surface area contributed by atoms with Crippen LogP contribution in [0.5, 0.6) is 11.5 Å². The molecule has 5 nitrogen and oxygen atoms in total. The molecule has 1 aromatic rings. The number of carbonyl (C=O) groups is 1. The molecule has 0 saturated carbocycles. The molecule has 0 spiro atoms. The van der Waals surface area contributed by atoms with Crippen molar-refractivity contribution in [2.24, 2.45) is 5.73 Å². The first-order valence-corrected chi connectivity index (χ1v) is 6.26. The number of carbonyl (C=O) groups excluding carboxylic acids is 1. The summed E-state index contributed by atoms with van der Waals surface area (Å²) < 4.78 is 15.7. The van der Waals surface area contributed by atoms with E-state index in [2.05, 4.69) is 0 Å². The summed E-state index contributed by atoms with van der Waals surface area (Å²) >= 11 is 0. The summed E-state index contributed by atoms with van der Waals surface area (Å²) in [6.07, 6.45) is -0.685. The van der Waals surface area contributed by atoms with Crippen LogP contribution < -0.4 is 15.2 Å². The predicted octanol–water partition coefficient (Wildman–Crippen LogP) is 2.05. The van der Waals surface area contributed by atoms with Gasteiger partial charge < -0.3 is 19.9 Å². The fraction of sp³-hybridized carbons (Fsp3) is 0.500. The van der Waals surface area contributed by atoms with Crippen molar-refractivity contribution < 1.29 is 19.0 Å². The molecule has 0 aromatic heterocycles. The maximum Gasteiger partial charge on any atom is 0.347 e. The summed E-state index contributed by atoms with van der Waals surface area (Å²) in [4.78, 5) is 11.5. The summed E-state index contributed by atoms with van der Waals surface area (Å²) in [7, 11) is 1.54. The zero-order chi connectivity index (χ0) is 14.4. The van der Waals surface area contributed by atoms with Gasteiger partial charge in [-0.3, -0.25) is 0 Å². The molecule has 1 aromatic carbocycles. The van der Waals surface area contributed by atoms with E-state index in [-0.39, 0.29) is 6.04 Å². The van der Waals surface area contributed by atoms with Gasteiger partial charge in [-0.05, 0) is 38.5 Å². The Kier molecular flexibility index (Phi) is 5.63. The highest BCUT2D eigenvalue weighted by Gasteiger charge is 2.18. The highest BCUT2D eigenvalue weighted by molar-refractivity contribution is 5.74. The predicted molar refractivity (Wildman–Crippen MR) is 72.3 cm³/mol. The van der Waals surface area contributed by atoms with Crippen molar-refractivity contribution in [2.45, 2.75) is 32.9 Å². The quantitative estimate of drug-likeness (QED) is 0.799. The van der Waals surface area contributed by atoms with E-state index >= 15 is 0 Å². The van der Waals surface area contributed by atoms with Crippen LogP contribution >= 0.6 is 0 Å². The highest BCUT2D eigenvalue weighted by atomic mass is 16.6. The average Bonchev–Trinajstić information content (AvgIpc) is 2.39. The number of ether oxygens (including phenoxy) is 3. The first-order chi connectivity index (χ1) is 8.99. The van der Waals surface area contributed by atoms with Gasteiger partial charge in [0.05, 0.1) is 13.7 Å². The topological polar surface area (TPSA) is 70.8 Å². The number of nitrogens with two attached hydrogens (primary N) is 1. The lowest BCUT2D eigenvalue weighted by molar-refractivity contribution is -0.150. The van der Waals surface area contributed by atoms with E-state index in [1.165, 1.54) is 0 Å². The maximum atomic E-state index is 11.5. The molecule has 2 N–H and O–H groups in total. The average molecular weight is 267 g/mol. The summed E-state index contributed by atoms with van der Waals surface area (Å²) in [6.45, 7) is 5.60. The lowest BCUT2D eigenvalue weighted by Gasteiger charge is -2.17. The number of methoxy groups -OCH3 is 1. The third-order valence-electron chi connectivity index (χ3n) is 2.64. The smallest absolute Gasteiger partial charge is 0.347 e. The van der Waals surface area contributed by atoms with Crippen LogP contribution in [0, 0.1) is 0 Å². The van der Waals surface area contributed by atoms with Gasteiger partial charge in [0.1, 0.15) is 0 Å². The molecule has 0 radical (unpaired) electrons. The lowest BCUT2D eigenvalue weighted by Crippen LogP contribution is -2.26. The number of rotatable bonds is 6. The second-order valence-corrected chi connectivity index (χ2v) is 4.21. The minimum absolute atomic E-state index is 0.0922. The largest absolute Gasteiger partial charge is 0.493 e. The Morgan fingerprint density at radius 2 is 2.00 bits per heavy atom. The van der Waals surface area contributed by atoms with E-state index in [0.29, 0.717) is 18.1 Å². The molecule has 0 aliphatic heterocycles. The van der Waals surface area contributed by atoms with Crippen molar-refractivity contribution in [3.05, 3.63) is 23.8 Å². The highest BCUT2D eigenvalue weighted by Crippen LogP contribution is 2.30. The Hall–Kier alpha value is -1.75. The van der Waals surface area contributed by atoms with Crippen LogP contribution in [0.1, 0.15) is 32.4 Å². The van der Waals surface area contributed by atoms with Crippen molar-refractivity contribution in [3.63, 3.8) is 0 Å². The first-order valence-electron chi connectivity index (χ1n) is 6.26. The van der Waals surface area contributed by atoms with Crippen molar-refractivity contribution in [3.8, 4) is 11.5 Å². The van der Waals surface area contributed by atoms with Crippen molar-refractivity contribution in [2.75, 3.05) is 13.7 Å². The van der Waals surface area contributed by atoms with Gasteiger partial charge in [-0.1, -0.05) is 6.07 Å². The minimum atomic E-state index is -0.685. The van der Waals surface area contributed by atoms with Gasteiger partial charge in [-0.25, -0.2) is 4.79 Å². The summed E-state index contributed by atoms with van der Waals surface area (Å²) in [5.41, 5.74) is 6.74. The zero-order valence-electron chi connectivity index (χ0n) is 11.8. The van der Waals surface area contributed by atoms with Crippen molar-refractivity contribution in [1.82, 2.24) is 0 Å². The third-order valence-corrected chi connectivity index (χ3v) is 2.64. The van der Waals surface area contributed by atoms with Crippen molar-refractivity contribution >= 4 is 5.97 Å². The van der Waals surface area contributed by atoms with E-state index < -0.39 is 12.1 Å². The molecule has 0 fully saturated rings. The lowest BCUT2D eigenvalue weighted by atomic mass is 10.1. The van der Waals surface area contributed by atoms with E-state index in [1.54, 1.807) is 33.1 Å². The van der Waals surface area contributed by atoms with Crippen LogP contribution in [-0.4, -0.2) is 25.8 Å². The van der Waals surface area contributed by atoms with Crippen LogP contribution in [-0.2, 0) is 9.53 Å². The summed E-state index contributed by atoms with van der Waals surface area (Å²) in [5.74, 6) is 0.638. The van der Waals surface area contributed by atoms with E-state index in [0.717, 1.165) is 5.56 Å². The molecule has 0 bridgehead atoms. The Morgan fingerprint density at radius 1 is 1.32 bits per heavy atom. The van der Waals surface area contributed by atoms with Gasteiger partial charge in [-0.15, -0.1) is 0 Å². The fourth-order valence-corrected chi connectivity index (χ4v) is 1.56. The second kappa shape index (κ2) is 6.99. The van der Waals surface area contributed by atoms with Crippen LogP contribution in [0.4, 0.5) is 0 Å². The van der Waals surface area contributed by atoms with Crippen LogP contribution in [0.15, 0.2) is 18.2 Å². The normalized spacial score (nSPS) is 13.5. The van der Waals surface area contributed by atoms with Crippen LogP contribution in [0.3, 0.4) is 0 Å². The maximum absolute atomic E-state index is 11.5. The van der Waals surface area contributed by atoms with Crippen LogP contribution in [0.2, 0.25) is 0 Å². The molecule has 1 rings (SSSR count). The Labute approximate surface area is 113 Å². The van der Waals surface area contributed by atoms with Gasteiger partial charge >= 0.3 is 5.97 Å². The van der Waals surface area contributed by atoms with Gasteiger partial charge in [-0.2, -0.15) is 0 Å². The molecule has 5 heteroatoms. The Morgan fingerprint density at radius 3 is 2.53 bits per heavy atom. The van der Waals surface area contributed by atoms with Crippen LogP contribution in [0.25, 0.3) is 0 Å². The summed E-state index contributed by atoms with van der Waals surface area (Å²) in [6, 6.07) is 5.30. The first kappa shape index (κ1) is 15.3. The van der Waals surface area contributed by atoms with Gasteiger partial charge in [0, 0.05) is 6.04 Å². The molecular formula is C14H21NO4. The fourth-order valence-electron chi connectivity index (χ4n) is 1.56. The molecule has 1 unspecified atom stereocenters. The molecule has 0 heterocycles. The molecule has 2 atom stereocenters. The third kappa shape index (κ3) is 4.13. The molecule has 0 aliphatic carbocycles.